The van der Waals surface area contributed by atoms with Gasteiger partial charge < -0.3 is 58.7 Å². The molecule has 0 aromatic rings. The minimum absolute atomic E-state index is 0.0494. The lowest BCUT2D eigenvalue weighted by Gasteiger charge is -2.54. The van der Waals surface area contributed by atoms with Crippen molar-refractivity contribution in [2.45, 2.75) is 212 Å². The summed E-state index contributed by atoms with van der Waals surface area (Å²) in [5.74, 6) is -7.16. The second-order valence-electron chi connectivity index (χ2n) is 20.4. The predicted octanol–water partition coefficient (Wildman–Crippen LogP) is 5.50. The summed E-state index contributed by atoms with van der Waals surface area (Å²) in [6.45, 7) is 20.6. The third kappa shape index (κ3) is 9.32. The van der Waals surface area contributed by atoms with Gasteiger partial charge in [0.15, 0.2) is 29.4 Å². The molecule has 6 heterocycles. The van der Waals surface area contributed by atoms with Gasteiger partial charge in [-0.1, -0.05) is 61.5 Å². The van der Waals surface area contributed by atoms with Crippen LogP contribution >= 0.6 is 0 Å². The van der Waals surface area contributed by atoms with Crippen LogP contribution in [-0.4, -0.2) is 122 Å². The number of hydrogen-bond acceptors (Lipinski definition) is 13. The van der Waals surface area contributed by atoms with Crippen molar-refractivity contribution in [3.8, 4) is 0 Å². The van der Waals surface area contributed by atoms with Crippen LogP contribution in [0, 0.1) is 47.3 Å². The maximum Gasteiger partial charge on any atom is 0.306 e. The van der Waals surface area contributed by atoms with Gasteiger partial charge in [0.1, 0.15) is 0 Å². The van der Waals surface area contributed by atoms with Crippen molar-refractivity contribution in [2.24, 2.45) is 47.3 Å². The van der Waals surface area contributed by atoms with Crippen molar-refractivity contribution in [1.29, 1.82) is 0 Å². The van der Waals surface area contributed by atoms with Crippen molar-refractivity contribution >= 4 is 11.8 Å². The predicted molar refractivity (Wildman–Crippen MR) is 219 cm³/mol. The van der Waals surface area contributed by atoms with Gasteiger partial charge in [0.05, 0.1) is 67.0 Å². The second-order valence-corrected chi connectivity index (χ2v) is 20.4. The molecule has 0 aromatic heterocycles. The number of aliphatic hydroxyl groups is 4. The zero-order valence-electron chi connectivity index (χ0n) is 37.9. The molecule has 6 aliphatic rings. The number of rotatable bonds is 12. The highest BCUT2D eigenvalue weighted by atomic mass is 16.8. The number of Topliss-reactive ketones (excluding diaryl/α,β-unsaturated/α-hetero) is 1. The van der Waals surface area contributed by atoms with Gasteiger partial charge in [-0.2, -0.15) is 0 Å². The van der Waals surface area contributed by atoms with E-state index in [2.05, 4.69) is 20.8 Å². The van der Waals surface area contributed by atoms with Gasteiger partial charge in [0, 0.05) is 61.2 Å². The number of ether oxygens (including phenoxy) is 7. The van der Waals surface area contributed by atoms with Crippen LogP contribution in [0.15, 0.2) is 11.6 Å². The molecule has 14 nitrogen and oxygen atoms in total. The zero-order chi connectivity index (χ0) is 44.3. The van der Waals surface area contributed by atoms with Crippen LogP contribution in [0.4, 0.5) is 0 Å². The van der Waals surface area contributed by atoms with E-state index >= 15 is 0 Å². The standard InChI is InChI=1S/C46H76O14/c1-23(39(50)24(2)17-27(5)42(51)52)16-25(3)40-30(8)34(49)21-44(58-40)15-14-43(11,60-44)37-20-35(55-38-13-12-33(48)32(10)54-38)31(9)46(57-37)29(7)19-36(56-46)41-26(4)18-28(6)45(53,22-47)59-41/h16,24-38,40-41,47-49,53H,12-15,17-22H2,1-11H3,(H,51,52). The second kappa shape index (κ2) is 18.1. The Balaban J connectivity index is 1.24. The molecule has 6 fully saturated rings. The van der Waals surface area contributed by atoms with Gasteiger partial charge >= 0.3 is 5.97 Å². The number of aliphatic carboxylic acids is 1. The number of carbonyl (C=O) groups excluding carboxylic acids is 1. The first-order valence-corrected chi connectivity index (χ1v) is 22.8. The molecule has 0 amide bonds. The molecule has 0 aliphatic carbocycles. The molecule has 6 saturated heterocycles. The number of carboxylic acids is 1. The molecular formula is C46H76O14. The zero-order valence-corrected chi connectivity index (χ0v) is 37.9. The van der Waals surface area contributed by atoms with Crippen molar-refractivity contribution in [3.05, 3.63) is 11.6 Å². The minimum atomic E-state index is -1.67. The van der Waals surface area contributed by atoms with E-state index in [9.17, 15) is 35.1 Å². The van der Waals surface area contributed by atoms with Gasteiger partial charge in [-0.15, -0.1) is 0 Å². The van der Waals surface area contributed by atoms with Gasteiger partial charge in [0.25, 0.3) is 0 Å². The van der Waals surface area contributed by atoms with Crippen LogP contribution in [0.2, 0.25) is 0 Å². The van der Waals surface area contributed by atoms with E-state index in [0.717, 1.165) is 0 Å². The SMILES string of the molecule is CC(=CC(C)C1OC2(CCC(C)(C3CC(OC4CCC(O)C(C)O4)C(C)C4(OC(C5OC(O)(CO)C(C)CC5C)CC4C)O3)O2)CC(O)C1C)C(=O)C(C)CC(C)C(=O)O. The van der Waals surface area contributed by atoms with Gasteiger partial charge in [-0.05, 0) is 64.4 Å². The fourth-order valence-electron chi connectivity index (χ4n) is 11.5. The molecule has 344 valence electrons. The molecule has 21 unspecified atom stereocenters. The van der Waals surface area contributed by atoms with Gasteiger partial charge in [-0.3, -0.25) is 9.59 Å². The number of allylic oxidation sites excluding steroid dienone is 1. The first-order chi connectivity index (χ1) is 28.0. The number of aliphatic hydroxyl groups excluding tert-OH is 3. The summed E-state index contributed by atoms with van der Waals surface area (Å²) < 4.78 is 47.8. The van der Waals surface area contributed by atoms with E-state index in [4.69, 9.17) is 33.2 Å². The highest BCUT2D eigenvalue weighted by molar-refractivity contribution is 5.96. The van der Waals surface area contributed by atoms with E-state index in [-0.39, 0.29) is 66.3 Å². The monoisotopic (exact) mass is 853 g/mol. The summed E-state index contributed by atoms with van der Waals surface area (Å²) in [5.41, 5.74) is -0.353. The van der Waals surface area contributed by atoms with Crippen LogP contribution in [0.25, 0.3) is 0 Å². The van der Waals surface area contributed by atoms with E-state index in [0.29, 0.717) is 50.5 Å². The Hall–Kier alpha value is -1.56. The molecular weight excluding hydrogens is 776 g/mol. The molecule has 2 spiro atoms. The summed E-state index contributed by atoms with van der Waals surface area (Å²) >= 11 is 0. The third-order valence-electron chi connectivity index (χ3n) is 15.6. The van der Waals surface area contributed by atoms with Crippen LogP contribution in [0.1, 0.15) is 134 Å². The Labute approximate surface area is 357 Å². The van der Waals surface area contributed by atoms with Crippen molar-refractivity contribution in [1.82, 2.24) is 0 Å². The van der Waals surface area contributed by atoms with E-state index < -0.39 is 90.3 Å². The average molecular weight is 853 g/mol. The fourth-order valence-corrected chi connectivity index (χ4v) is 11.5. The number of ketones is 1. The molecule has 0 bridgehead atoms. The molecule has 14 heteroatoms. The molecule has 0 saturated carbocycles. The normalized spacial score (nSPS) is 49.2. The Kier molecular flexibility index (Phi) is 14.5. The highest BCUT2D eigenvalue weighted by Crippen LogP contribution is 2.56. The maximum atomic E-state index is 13.3. The topological polar surface area (TPSA) is 200 Å². The third-order valence-corrected chi connectivity index (χ3v) is 15.6. The highest BCUT2D eigenvalue weighted by Gasteiger charge is 2.65. The Morgan fingerprint density at radius 2 is 1.58 bits per heavy atom. The van der Waals surface area contributed by atoms with Crippen molar-refractivity contribution in [2.75, 3.05) is 6.61 Å². The summed E-state index contributed by atoms with van der Waals surface area (Å²) in [5, 5.41) is 52.8. The molecule has 6 rings (SSSR count). The van der Waals surface area contributed by atoms with E-state index in [1.54, 1.807) is 20.8 Å². The summed E-state index contributed by atoms with van der Waals surface area (Å²) in [6, 6.07) is 0. The minimum Gasteiger partial charge on any atom is -0.481 e. The molecule has 21 atom stereocenters. The maximum absolute atomic E-state index is 13.3. The van der Waals surface area contributed by atoms with Crippen LogP contribution in [0.5, 0.6) is 0 Å². The summed E-state index contributed by atoms with van der Waals surface area (Å²) in [7, 11) is 0. The van der Waals surface area contributed by atoms with Crippen molar-refractivity contribution in [3.63, 3.8) is 0 Å². The lowest BCUT2D eigenvalue weighted by Crippen LogP contribution is -2.63. The lowest BCUT2D eigenvalue weighted by atomic mass is 9.76. The Bertz CT molecular complexity index is 1560. The Morgan fingerprint density at radius 1 is 0.883 bits per heavy atom. The number of carbonyl (C=O) groups is 2. The quantitative estimate of drug-likeness (QED) is 0.154. The van der Waals surface area contributed by atoms with Gasteiger partial charge in [-0.25, -0.2) is 0 Å². The van der Waals surface area contributed by atoms with Crippen LogP contribution in [-0.2, 0) is 42.7 Å². The first-order valence-electron chi connectivity index (χ1n) is 22.8. The number of hydrogen-bond donors (Lipinski definition) is 5. The Morgan fingerprint density at radius 3 is 2.23 bits per heavy atom. The lowest BCUT2D eigenvalue weighted by molar-refractivity contribution is -0.390. The fraction of sp³-hybridized carbons (Fsp3) is 0.913. The molecule has 0 radical (unpaired) electrons. The number of carboxylic acid groups (broad SMARTS) is 1. The summed E-state index contributed by atoms with van der Waals surface area (Å²) in [4.78, 5) is 24.8. The van der Waals surface area contributed by atoms with E-state index in [1.165, 1.54) is 0 Å². The molecule has 5 N–H and O–H groups in total. The molecule has 60 heavy (non-hydrogen) atoms. The van der Waals surface area contributed by atoms with Crippen molar-refractivity contribution < 1.29 is 68.3 Å². The van der Waals surface area contributed by atoms with Crippen LogP contribution < -0.4 is 0 Å². The van der Waals surface area contributed by atoms with Gasteiger partial charge in [0.2, 0.25) is 0 Å². The van der Waals surface area contributed by atoms with E-state index in [1.807, 2.05) is 40.7 Å². The summed E-state index contributed by atoms with van der Waals surface area (Å²) in [6.07, 6.45) is 1.76. The smallest absolute Gasteiger partial charge is 0.306 e. The molecule has 6 aliphatic heterocycles. The van der Waals surface area contributed by atoms with Crippen LogP contribution in [0.3, 0.4) is 0 Å². The average Bonchev–Trinajstić information content (AvgIpc) is 3.69. The molecule has 0 aromatic carbocycles. The largest absolute Gasteiger partial charge is 0.481 e. The first kappa shape index (κ1) is 47.9.